The Labute approximate surface area is 125 Å². The number of rotatable bonds is 4. The van der Waals surface area contributed by atoms with Crippen molar-refractivity contribution in [3.63, 3.8) is 0 Å². The normalized spacial score (nSPS) is 26.3. The van der Waals surface area contributed by atoms with Crippen LogP contribution in [-0.4, -0.2) is 65.7 Å². The van der Waals surface area contributed by atoms with Gasteiger partial charge in [0.25, 0.3) is 0 Å². The van der Waals surface area contributed by atoms with Gasteiger partial charge in [-0.05, 0) is 12.3 Å². The van der Waals surface area contributed by atoms with Crippen LogP contribution in [0.3, 0.4) is 0 Å². The summed E-state index contributed by atoms with van der Waals surface area (Å²) in [6, 6.07) is -0.243. The van der Waals surface area contributed by atoms with Crippen molar-refractivity contribution in [2.24, 2.45) is 11.8 Å². The summed E-state index contributed by atoms with van der Waals surface area (Å²) < 4.78 is 0. The molecular formula is C15H25N3O3. The number of urea groups is 1. The summed E-state index contributed by atoms with van der Waals surface area (Å²) in [4.78, 5) is 27.3. The third kappa shape index (κ3) is 4.46. The molecule has 6 nitrogen and oxygen atoms in total. The first-order valence-electron chi connectivity index (χ1n) is 7.64. The van der Waals surface area contributed by atoms with Crippen LogP contribution in [0.1, 0.15) is 20.3 Å². The lowest BCUT2D eigenvalue weighted by molar-refractivity contribution is -0.140. The number of piperazine rings is 1. The summed E-state index contributed by atoms with van der Waals surface area (Å²) >= 11 is 0. The molecule has 1 saturated heterocycles. The molecule has 21 heavy (non-hydrogen) atoms. The van der Waals surface area contributed by atoms with Gasteiger partial charge in [0.15, 0.2) is 0 Å². The first-order valence-corrected chi connectivity index (χ1v) is 7.64. The predicted octanol–water partition coefficient (Wildman–Crippen LogP) is 0.999. The van der Waals surface area contributed by atoms with Crippen LogP contribution < -0.4 is 5.32 Å². The minimum atomic E-state index is -0.828. The van der Waals surface area contributed by atoms with Gasteiger partial charge in [-0.15, -0.1) is 0 Å². The zero-order valence-corrected chi connectivity index (χ0v) is 12.8. The SMILES string of the molecule is CC(C)CN1CCN(C(=O)NC2C=CC(C(=O)O)C2)CC1. The van der Waals surface area contributed by atoms with E-state index in [0.29, 0.717) is 12.3 Å². The Balaban J connectivity index is 1.73. The number of amides is 2. The Morgan fingerprint density at radius 1 is 1.24 bits per heavy atom. The number of nitrogens with zero attached hydrogens (tertiary/aromatic N) is 2. The highest BCUT2D eigenvalue weighted by Crippen LogP contribution is 2.18. The van der Waals surface area contributed by atoms with Crippen molar-refractivity contribution in [2.45, 2.75) is 26.3 Å². The lowest BCUT2D eigenvalue weighted by Crippen LogP contribution is -2.53. The third-order valence-electron chi connectivity index (χ3n) is 3.99. The van der Waals surface area contributed by atoms with E-state index in [1.165, 1.54) is 0 Å². The lowest BCUT2D eigenvalue weighted by Gasteiger charge is -2.35. The number of carboxylic acids is 1. The average Bonchev–Trinajstić information content (AvgIpc) is 2.87. The summed E-state index contributed by atoms with van der Waals surface area (Å²) in [7, 11) is 0. The van der Waals surface area contributed by atoms with Crippen LogP contribution in [0.4, 0.5) is 4.79 Å². The van der Waals surface area contributed by atoms with Gasteiger partial charge in [0, 0.05) is 32.7 Å². The van der Waals surface area contributed by atoms with Crippen molar-refractivity contribution in [3.05, 3.63) is 12.2 Å². The molecule has 2 rings (SSSR count). The fraction of sp³-hybridized carbons (Fsp3) is 0.733. The van der Waals surface area contributed by atoms with E-state index < -0.39 is 11.9 Å². The number of hydrogen-bond acceptors (Lipinski definition) is 3. The maximum absolute atomic E-state index is 12.2. The zero-order chi connectivity index (χ0) is 15.4. The molecule has 1 aliphatic heterocycles. The number of aliphatic carboxylic acids is 1. The van der Waals surface area contributed by atoms with Crippen LogP contribution >= 0.6 is 0 Å². The van der Waals surface area contributed by atoms with Crippen molar-refractivity contribution in [2.75, 3.05) is 32.7 Å². The van der Waals surface area contributed by atoms with E-state index in [1.54, 1.807) is 12.2 Å². The number of hydrogen-bond donors (Lipinski definition) is 2. The maximum atomic E-state index is 12.2. The largest absolute Gasteiger partial charge is 0.481 e. The van der Waals surface area contributed by atoms with Crippen LogP contribution in [0.2, 0.25) is 0 Å². The predicted molar refractivity (Wildman–Crippen MR) is 80.1 cm³/mol. The Morgan fingerprint density at radius 3 is 2.43 bits per heavy atom. The van der Waals surface area contributed by atoms with Gasteiger partial charge in [-0.25, -0.2) is 4.79 Å². The average molecular weight is 295 g/mol. The van der Waals surface area contributed by atoms with Gasteiger partial charge >= 0.3 is 12.0 Å². The number of nitrogens with one attached hydrogen (secondary N) is 1. The van der Waals surface area contributed by atoms with Crippen molar-refractivity contribution in [1.29, 1.82) is 0 Å². The van der Waals surface area contributed by atoms with E-state index >= 15 is 0 Å². The highest BCUT2D eigenvalue weighted by atomic mass is 16.4. The summed E-state index contributed by atoms with van der Waals surface area (Å²) in [5.74, 6) is -0.662. The molecule has 2 aliphatic rings. The molecule has 0 radical (unpaired) electrons. The Hall–Kier alpha value is -1.56. The highest BCUT2D eigenvalue weighted by molar-refractivity contribution is 5.76. The highest BCUT2D eigenvalue weighted by Gasteiger charge is 2.28. The molecule has 1 fully saturated rings. The second kappa shape index (κ2) is 6.93. The molecule has 0 bridgehead atoms. The van der Waals surface area contributed by atoms with Crippen LogP contribution in [-0.2, 0) is 4.79 Å². The minimum Gasteiger partial charge on any atom is -0.481 e. The van der Waals surface area contributed by atoms with E-state index in [1.807, 2.05) is 4.90 Å². The standard InChI is InChI=1S/C15H25N3O3/c1-11(2)10-17-5-7-18(8-6-17)15(21)16-13-4-3-12(9-13)14(19)20/h3-4,11-13H,5-10H2,1-2H3,(H,16,21)(H,19,20). The van der Waals surface area contributed by atoms with Gasteiger partial charge in [-0.3, -0.25) is 9.69 Å². The molecule has 1 aliphatic carbocycles. The van der Waals surface area contributed by atoms with Crippen molar-refractivity contribution >= 4 is 12.0 Å². The van der Waals surface area contributed by atoms with Crippen LogP contribution in [0.15, 0.2) is 12.2 Å². The second-order valence-corrected chi connectivity index (χ2v) is 6.30. The van der Waals surface area contributed by atoms with Gasteiger partial charge in [-0.1, -0.05) is 26.0 Å². The summed E-state index contributed by atoms with van der Waals surface area (Å²) in [5.41, 5.74) is 0. The van der Waals surface area contributed by atoms with Gasteiger partial charge in [0.1, 0.15) is 0 Å². The van der Waals surface area contributed by atoms with Crippen molar-refractivity contribution < 1.29 is 14.7 Å². The first-order chi connectivity index (χ1) is 9.95. The second-order valence-electron chi connectivity index (χ2n) is 6.30. The fourth-order valence-corrected chi connectivity index (χ4v) is 2.89. The van der Waals surface area contributed by atoms with Crippen LogP contribution in [0.25, 0.3) is 0 Å². The monoisotopic (exact) mass is 295 g/mol. The molecule has 2 atom stereocenters. The number of carbonyl (C=O) groups excluding carboxylic acids is 1. The van der Waals surface area contributed by atoms with Gasteiger partial charge in [-0.2, -0.15) is 0 Å². The molecule has 0 aromatic carbocycles. The molecule has 1 heterocycles. The summed E-state index contributed by atoms with van der Waals surface area (Å²) in [5, 5.41) is 11.8. The fourth-order valence-electron chi connectivity index (χ4n) is 2.89. The van der Waals surface area contributed by atoms with Gasteiger partial charge in [0.05, 0.1) is 12.0 Å². The molecule has 0 spiro atoms. The Kier molecular flexibility index (Phi) is 5.22. The Bertz CT molecular complexity index is 414. The molecule has 6 heteroatoms. The third-order valence-corrected chi connectivity index (χ3v) is 3.99. The molecule has 2 N–H and O–H groups in total. The Morgan fingerprint density at radius 2 is 1.90 bits per heavy atom. The number of carboxylic acid groups (broad SMARTS) is 1. The van der Waals surface area contributed by atoms with Crippen LogP contribution in [0.5, 0.6) is 0 Å². The van der Waals surface area contributed by atoms with E-state index in [-0.39, 0.29) is 12.1 Å². The summed E-state index contributed by atoms with van der Waals surface area (Å²) in [6.45, 7) is 8.75. The molecule has 118 valence electrons. The summed E-state index contributed by atoms with van der Waals surface area (Å²) in [6.07, 6.45) is 3.90. The minimum absolute atomic E-state index is 0.0834. The first kappa shape index (κ1) is 15.8. The molecule has 2 amide bonds. The number of carbonyl (C=O) groups is 2. The van der Waals surface area contributed by atoms with Gasteiger partial charge < -0.3 is 15.3 Å². The van der Waals surface area contributed by atoms with E-state index in [9.17, 15) is 9.59 Å². The van der Waals surface area contributed by atoms with Crippen molar-refractivity contribution in [3.8, 4) is 0 Å². The topological polar surface area (TPSA) is 72.9 Å². The van der Waals surface area contributed by atoms with E-state index in [0.717, 1.165) is 32.7 Å². The molecule has 0 saturated carbocycles. The quantitative estimate of drug-likeness (QED) is 0.759. The smallest absolute Gasteiger partial charge is 0.317 e. The zero-order valence-electron chi connectivity index (χ0n) is 12.8. The lowest BCUT2D eigenvalue weighted by atomic mass is 10.1. The van der Waals surface area contributed by atoms with E-state index in [2.05, 4.69) is 24.1 Å². The van der Waals surface area contributed by atoms with Crippen molar-refractivity contribution in [1.82, 2.24) is 15.1 Å². The molecule has 0 aromatic heterocycles. The molecular weight excluding hydrogens is 270 g/mol. The maximum Gasteiger partial charge on any atom is 0.317 e. The molecule has 2 unspecified atom stereocenters. The van der Waals surface area contributed by atoms with Crippen LogP contribution in [0, 0.1) is 11.8 Å². The van der Waals surface area contributed by atoms with E-state index in [4.69, 9.17) is 5.11 Å². The van der Waals surface area contributed by atoms with Gasteiger partial charge in [0.2, 0.25) is 0 Å². The molecule has 0 aromatic rings.